The van der Waals surface area contributed by atoms with Crippen molar-refractivity contribution in [1.82, 2.24) is 9.55 Å². The molecule has 0 spiro atoms. The van der Waals surface area contributed by atoms with E-state index < -0.39 is 0 Å². The Balaban J connectivity index is 2.08. The zero-order valence-corrected chi connectivity index (χ0v) is 8.56. The molecule has 4 heteroatoms. The Labute approximate surface area is 84.2 Å². The first-order valence-corrected chi connectivity index (χ1v) is 5.17. The largest absolute Gasteiger partial charge is 0.393 e. The van der Waals surface area contributed by atoms with E-state index in [9.17, 15) is 5.11 Å². The molecule has 1 fully saturated rings. The van der Waals surface area contributed by atoms with Crippen LogP contribution in [0.1, 0.15) is 19.3 Å². The molecule has 14 heavy (non-hydrogen) atoms. The fraction of sp³-hybridized carbons (Fsp3) is 0.700. The van der Waals surface area contributed by atoms with Gasteiger partial charge in [0.15, 0.2) is 0 Å². The van der Waals surface area contributed by atoms with Crippen LogP contribution < -0.4 is 4.90 Å². The molecule has 0 bridgehead atoms. The van der Waals surface area contributed by atoms with Gasteiger partial charge in [0, 0.05) is 32.5 Å². The highest BCUT2D eigenvalue weighted by molar-refractivity contribution is 5.30. The lowest BCUT2D eigenvalue weighted by Crippen LogP contribution is -2.27. The van der Waals surface area contributed by atoms with Crippen molar-refractivity contribution in [1.29, 1.82) is 0 Å². The van der Waals surface area contributed by atoms with E-state index in [4.69, 9.17) is 0 Å². The van der Waals surface area contributed by atoms with Crippen LogP contribution in [0.15, 0.2) is 12.4 Å². The Hall–Kier alpha value is -1.03. The molecule has 1 unspecified atom stereocenters. The van der Waals surface area contributed by atoms with Gasteiger partial charge in [0.1, 0.15) is 0 Å². The third-order valence-corrected chi connectivity index (χ3v) is 2.78. The van der Waals surface area contributed by atoms with Gasteiger partial charge in [-0.15, -0.1) is 0 Å². The van der Waals surface area contributed by atoms with Crippen molar-refractivity contribution in [2.24, 2.45) is 7.05 Å². The van der Waals surface area contributed by atoms with Gasteiger partial charge in [0.05, 0.1) is 6.10 Å². The van der Waals surface area contributed by atoms with E-state index in [0.29, 0.717) is 0 Å². The van der Waals surface area contributed by atoms with Crippen LogP contribution in [0.2, 0.25) is 0 Å². The van der Waals surface area contributed by atoms with Gasteiger partial charge in [0.25, 0.3) is 0 Å². The summed E-state index contributed by atoms with van der Waals surface area (Å²) in [5.41, 5.74) is 0. The van der Waals surface area contributed by atoms with Crippen molar-refractivity contribution < 1.29 is 5.11 Å². The van der Waals surface area contributed by atoms with Crippen molar-refractivity contribution in [2.45, 2.75) is 25.4 Å². The summed E-state index contributed by atoms with van der Waals surface area (Å²) in [5.74, 6) is 1.01. The Bertz CT molecular complexity index is 297. The van der Waals surface area contributed by atoms with Gasteiger partial charge in [-0.2, -0.15) is 0 Å². The van der Waals surface area contributed by atoms with Crippen molar-refractivity contribution in [2.75, 3.05) is 18.0 Å². The molecule has 0 aliphatic carbocycles. The SMILES string of the molecule is Cn1ccnc1N1CCCC(O)CC1. The van der Waals surface area contributed by atoms with Gasteiger partial charge in [0.2, 0.25) is 5.95 Å². The Kier molecular flexibility index (Phi) is 2.72. The highest BCUT2D eigenvalue weighted by Crippen LogP contribution is 2.16. The lowest BCUT2D eigenvalue weighted by Gasteiger charge is -2.21. The smallest absolute Gasteiger partial charge is 0.205 e. The molecular formula is C10H17N3O. The van der Waals surface area contributed by atoms with Gasteiger partial charge >= 0.3 is 0 Å². The zero-order chi connectivity index (χ0) is 9.97. The number of aliphatic hydroxyl groups is 1. The summed E-state index contributed by atoms with van der Waals surface area (Å²) in [6, 6.07) is 0. The van der Waals surface area contributed by atoms with E-state index in [1.54, 1.807) is 0 Å². The molecule has 1 N–H and O–H groups in total. The number of rotatable bonds is 1. The average molecular weight is 195 g/mol. The van der Waals surface area contributed by atoms with E-state index in [0.717, 1.165) is 38.3 Å². The number of anilines is 1. The summed E-state index contributed by atoms with van der Waals surface area (Å²) < 4.78 is 2.03. The summed E-state index contributed by atoms with van der Waals surface area (Å²) >= 11 is 0. The van der Waals surface area contributed by atoms with E-state index in [1.807, 2.05) is 24.0 Å². The van der Waals surface area contributed by atoms with Gasteiger partial charge in [-0.3, -0.25) is 0 Å². The Morgan fingerprint density at radius 3 is 3.00 bits per heavy atom. The molecule has 1 aliphatic rings. The molecule has 78 valence electrons. The maximum Gasteiger partial charge on any atom is 0.205 e. The van der Waals surface area contributed by atoms with E-state index in [2.05, 4.69) is 9.88 Å². The zero-order valence-electron chi connectivity index (χ0n) is 8.56. The van der Waals surface area contributed by atoms with E-state index in [-0.39, 0.29) is 6.10 Å². The maximum absolute atomic E-state index is 9.52. The van der Waals surface area contributed by atoms with Crippen LogP contribution in [-0.2, 0) is 7.05 Å². The molecule has 0 radical (unpaired) electrons. The number of hydrogen-bond acceptors (Lipinski definition) is 3. The highest BCUT2D eigenvalue weighted by Gasteiger charge is 2.17. The number of hydrogen-bond donors (Lipinski definition) is 1. The summed E-state index contributed by atoms with van der Waals surface area (Å²) in [6.07, 6.45) is 6.47. The molecule has 0 saturated carbocycles. The summed E-state index contributed by atoms with van der Waals surface area (Å²) in [6.45, 7) is 1.91. The Morgan fingerprint density at radius 1 is 1.43 bits per heavy atom. The maximum atomic E-state index is 9.52. The van der Waals surface area contributed by atoms with Crippen LogP contribution in [0.4, 0.5) is 5.95 Å². The number of aliphatic hydroxyl groups excluding tert-OH is 1. The van der Waals surface area contributed by atoms with Crippen LogP contribution in [0.25, 0.3) is 0 Å². The lowest BCUT2D eigenvalue weighted by atomic mass is 10.2. The van der Waals surface area contributed by atoms with Crippen LogP contribution in [0.3, 0.4) is 0 Å². The van der Waals surface area contributed by atoms with Crippen LogP contribution >= 0.6 is 0 Å². The molecule has 2 heterocycles. The van der Waals surface area contributed by atoms with E-state index in [1.165, 1.54) is 0 Å². The van der Waals surface area contributed by atoms with Crippen molar-refractivity contribution in [3.63, 3.8) is 0 Å². The second kappa shape index (κ2) is 4.00. The van der Waals surface area contributed by atoms with E-state index >= 15 is 0 Å². The quantitative estimate of drug-likeness (QED) is 0.719. The average Bonchev–Trinajstić information content (AvgIpc) is 2.46. The second-order valence-corrected chi connectivity index (χ2v) is 3.91. The molecule has 1 atom stereocenters. The Morgan fingerprint density at radius 2 is 2.29 bits per heavy atom. The normalized spacial score (nSPS) is 23.6. The molecule has 1 aromatic heterocycles. The van der Waals surface area contributed by atoms with Gasteiger partial charge in [-0.1, -0.05) is 0 Å². The predicted octanol–water partition coefficient (Wildman–Crippen LogP) is 0.771. The minimum Gasteiger partial charge on any atom is -0.393 e. The molecule has 2 rings (SSSR count). The second-order valence-electron chi connectivity index (χ2n) is 3.91. The number of aryl methyl sites for hydroxylation is 1. The fourth-order valence-corrected chi connectivity index (χ4v) is 1.94. The highest BCUT2D eigenvalue weighted by atomic mass is 16.3. The van der Waals surface area contributed by atoms with Gasteiger partial charge in [-0.05, 0) is 19.3 Å². The number of aromatic nitrogens is 2. The molecule has 1 aromatic rings. The van der Waals surface area contributed by atoms with Crippen LogP contribution in [0, 0.1) is 0 Å². The lowest BCUT2D eigenvalue weighted by molar-refractivity contribution is 0.161. The third-order valence-electron chi connectivity index (χ3n) is 2.78. The molecule has 0 amide bonds. The first kappa shape index (κ1) is 9.52. The van der Waals surface area contributed by atoms with Crippen LogP contribution in [-0.4, -0.2) is 33.9 Å². The van der Waals surface area contributed by atoms with Gasteiger partial charge in [-0.25, -0.2) is 4.98 Å². The summed E-state index contributed by atoms with van der Waals surface area (Å²) in [5, 5.41) is 9.52. The number of nitrogens with zero attached hydrogens (tertiary/aromatic N) is 3. The first-order valence-electron chi connectivity index (χ1n) is 5.17. The first-order chi connectivity index (χ1) is 6.77. The minimum atomic E-state index is -0.125. The molecule has 1 saturated heterocycles. The topological polar surface area (TPSA) is 41.3 Å². The molecular weight excluding hydrogens is 178 g/mol. The predicted molar refractivity (Wildman–Crippen MR) is 55.3 cm³/mol. The van der Waals surface area contributed by atoms with Crippen molar-refractivity contribution in [3.05, 3.63) is 12.4 Å². The molecule has 0 aromatic carbocycles. The van der Waals surface area contributed by atoms with Gasteiger partial charge < -0.3 is 14.6 Å². The fourth-order valence-electron chi connectivity index (χ4n) is 1.94. The minimum absolute atomic E-state index is 0.125. The van der Waals surface area contributed by atoms with Crippen molar-refractivity contribution in [3.8, 4) is 0 Å². The monoisotopic (exact) mass is 195 g/mol. The molecule has 1 aliphatic heterocycles. The van der Waals surface area contributed by atoms with Crippen molar-refractivity contribution >= 4 is 5.95 Å². The van der Waals surface area contributed by atoms with Crippen LogP contribution in [0.5, 0.6) is 0 Å². The standard InChI is InChI=1S/C10H17N3O/c1-12-8-5-11-10(12)13-6-2-3-9(14)4-7-13/h5,8-9,14H,2-4,6-7H2,1H3. The molecule has 4 nitrogen and oxygen atoms in total. The number of imidazole rings is 1. The summed E-state index contributed by atoms with van der Waals surface area (Å²) in [7, 11) is 2.00. The third kappa shape index (κ3) is 1.90. The summed E-state index contributed by atoms with van der Waals surface area (Å²) in [4.78, 5) is 6.56.